The van der Waals surface area contributed by atoms with E-state index in [0.29, 0.717) is 0 Å². The largest absolute Gasteiger partial charge is 0.326 e. The molecule has 0 aromatic heterocycles. The van der Waals surface area contributed by atoms with E-state index in [1.807, 2.05) is 11.8 Å². The minimum absolute atomic E-state index is 0.0198. The topological polar surface area (TPSA) is 32.3 Å². The van der Waals surface area contributed by atoms with Crippen molar-refractivity contribution >= 4 is 5.91 Å². The van der Waals surface area contributed by atoms with Gasteiger partial charge in [0.15, 0.2) is 0 Å². The van der Waals surface area contributed by atoms with Crippen molar-refractivity contribution < 1.29 is 4.79 Å². The van der Waals surface area contributed by atoms with E-state index < -0.39 is 0 Å². The summed E-state index contributed by atoms with van der Waals surface area (Å²) in [5.74, 6) is 1.04. The van der Waals surface area contributed by atoms with E-state index in [-0.39, 0.29) is 18.1 Å². The van der Waals surface area contributed by atoms with Crippen molar-refractivity contribution in [3.05, 3.63) is 0 Å². The average Bonchev–Trinajstić information content (AvgIpc) is 2.71. The van der Waals surface area contributed by atoms with Crippen LogP contribution < -0.4 is 5.32 Å². The number of hydrogen-bond acceptors (Lipinski definition) is 2. The van der Waals surface area contributed by atoms with Crippen molar-refractivity contribution in [2.24, 2.45) is 5.92 Å². The summed E-state index contributed by atoms with van der Waals surface area (Å²) in [5.41, 5.74) is 0. The molecule has 2 unspecified atom stereocenters. The smallest absolute Gasteiger partial charge is 0.240 e. The molecule has 0 bridgehead atoms. The van der Waals surface area contributed by atoms with Crippen LogP contribution in [0.4, 0.5) is 0 Å². The normalized spacial score (nSPS) is 34.4. The highest BCUT2D eigenvalue weighted by atomic mass is 16.2. The number of amides is 1. The number of carbonyl (C=O) groups is 1. The molecule has 1 aliphatic carbocycles. The molecule has 1 amide bonds. The predicted octanol–water partition coefficient (Wildman–Crippen LogP) is 1.34. The van der Waals surface area contributed by atoms with E-state index in [1.165, 1.54) is 25.7 Å². The molecule has 1 heterocycles. The number of carbonyl (C=O) groups excluding carboxylic acids is 1. The SMILES string of the molecule is CC1NC(C)N(CC2CCCC2)C1=O. The van der Waals surface area contributed by atoms with Crippen LogP contribution in [0.5, 0.6) is 0 Å². The van der Waals surface area contributed by atoms with E-state index in [9.17, 15) is 4.79 Å². The summed E-state index contributed by atoms with van der Waals surface area (Å²) in [7, 11) is 0. The number of nitrogens with one attached hydrogen (secondary N) is 1. The van der Waals surface area contributed by atoms with Gasteiger partial charge < -0.3 is 4.90 Å². The van der Waals surface area contributed by atoms with Crippen molar-refractivity contribution in [1.82, 2.24) is 10.2 Å². The molecule has 0 aromatic rings. The molecule has 1 saturated heterocycles. The second-order valence-electron chi connectivity index (χ2n) is 4.71. The fraction of sp³-hybridized carbons (Fsp3) is 0.909. The molecule has 2 fully saturated rings. The highest BCUT2D eigenvalue weighted by Gasteiger charge is 2.34. The van der Waals surface area contributed by atoms with Crippen LogP contribution in [0.25, 0.3) is 0 Å². The number of hydrogen-bond donors (Lipinski definition) is 1. The van der Waals surface area contributed by atoms with Crippen molar-refractivity contribution in [2.75, 3.05) is 6.54 Å². The third-order valence-electron chi connectivity index (χ3n) is 3.54. The standard InChI is InChI=1S/C11H20N2O/c1-8-11(14)13(9(2)12-8)7-10-5-3-4-6-10/h8-10,12H,3-7H2,1-2H3. The Morgan fingerprint density at radius 2 is 2.00 bits per heavy atom. The van der Waals surface area contributed by atoms with E-state index in [4.69, 9.17) is 0 Å². The molecule has 1 saturated carbocycles. The Bertz CT molecular complexity index is 223. The van der Waals surface area contributed by atoms with Gasteiger partial charge in [0.05, 0.1) is 12.2 Å². The summed E-state index contributed by atoms with van der Waals surface area (Å²) in [5, 5.41) is 3.27. The molecule has 14 heavy (non-hydrogen) atoms. The lowest BCUT2D eigenvalue weighted by Gasteiger charge is -2.24. The second-order valence-corrected chi connectivity index (χ2v) is 4.71. The summed E-state index contributed by atoms with van der Waals surface area (Å²) < 4.78 is 0. The van der Waals surface area contributed by atoms with Gasteiger partial charge in [-0.1, -0.05) is 12.8 Å². The molecule has 1 aliphatic heterocycles. The Kier molecular flexibility index (Phi) is 2.77. The summed E-state index contributed by atoms with van der Waals surface area (Å²) in [4.78, 5) is 13.8. The Morgan fingerprint density at radius 1 is 1.36 bits per heavy atom. The molecular weight excluding hydrogens is 176 g/mol. The first-order valence-electron chi connectivity index (χ1n) is 5.75. The minimum atomic E-state index is 0.0198. The molecule has 3 nitrogen and oxygen atoms in total. The zero-order chi connectivity index (χ0) is 10.1. The van der Waals surface area contributed by atoms with Gasteiger partial charge in [0, 0.05) is 6.54 Å². The van der Waals surface area contributed by atoms with Gasteiger partial charge in [-0.2, -0.15) is 0 Å². The molecule has 1 N–H and O–H groups in total. The summed E-state index contributed by atoms with van der Waals surface area (Å²) in [6.07, 6.45) is 5.56. The molecule has 2 atom stereocenters. The minimum Gasteiger partial charge on any atom is -0.326 e. The number of nitrogens with zero attached hydrogens (tertiary/aromatic N) is 1. The summed E-state index contributed by atoms with van der Waals surface area (Å²) in [6.45, 7) is 5.00. The molecule has 0 radical (unpaired) electrons. The lowest BCUT2D eigenvalue weighted by molar-refractivity contribution is -0.130. The Balaban J connectivity index is 1.92. The fourth-order valence-corrected chi connectivity index (χ4v) is 2.68. The predicted molar refractivity (Wildman–Crippen MR) is 55.7 cm³/mol. The fourth-order valence-electron chi connectivity index (χ4n) is 2.68. The molecule has 3 heteroatoms. The van der Waals surface area contributed by atoms with Crippen LogP contribution in [0, 0.1) is 5.92 Å². The van der Waals surface area contributed by atoms with Crippen LogP contribution in [0.3, 0.4) is 0 Å². The van der Waals surface area contributed by atoms with Crippen LogP contribution in [-0.4, -0.2) is 29.6 Å². The van der Waals surface area contributed by atoms with Gasteiger partial charge in [0.1, 0.15) is 0 Å². The maximum atomic E-state index is 11.8. The third-order valence-corrected chi connectivity index (χ3v) is 3.54. The van der Waals surface area contributed by atoms with Crippen molar-refractivity contribution in [3.63, 3.8) is 0 Å². The van der Waals surface area contributed by atoms with Gasteiger partial charge >= 0.3 is 0 Å². The van der Waals surface area contributed by atoms with Crippen molar-refractivity contribution in [3.8, 4) is 0 Å². The first-order chi connectivity index (χ1) is 6.68. The van der Waals surface area contributed by atoms with Crippen LogP contribution >= 0.6 is 0 Å². The molecule has 0 aromatic carbocycles. The highest BCUT2D eigenvalue weighted by Crippen LogP contribution is 2.27. The summed E-state index contributed by atoms with van der Waals surface area (Å²) in [6, 6.07) is 0.0198. The quantitative estimate of drug-likeness (QED) is 0.723. The average molecular weight is 196 g/mol. The van der Waals surface area contributed by atoms with E-state index in [2.05, 4.69) is 12.2 Å². The molecule has 80 valence electrons. The monoisotopic (exact) mass is 196 g/mol. The van der Waals surface area contributed by atoms with E-state index in [0.717, 1.165) is 12.5 Å². The molecule has 2 rings (SSSR count). The van der Waals surface area contributed by atoms with E-state index in [1.54, 1.807) is 0 Å². The van der Waals surface area contributed by atoms with Gasteiger partial charge in [-0.25, -0.2) is 0 Å². The number of rotatable bonds is 2. The highest BCUT2D eigenvalue weighted by molar-refractivity contribution is 5.83. The van der Waals surface area contributed by atoms with Gasteiger partial charge in [-0.15, -0.1) is 0 Å². The van der Waals surface area contributed by atoms with Crippen LogP contribution in [0.2, 0.25) is 0 Å². The Hall–Kier alpha value is -0.570. The first kappa shape index (κ1) is 9.97. The van der Waals surface area contributed by atoms with Crippen LogP contribution in [0.15, 0.2) is 0 Å². The Morgan fingerprint density at radius 3 is 2.50 bits per heavy atom. The van der Waals surface area contributed by atoms with E-state index >= 15 is 0 Å². The lowest BCUT2D eigenvalue weighted by Crippen LogP contribution is -2.37. The van der Waals surface area contributed by atoms with Crippen LogP contribution in [0.1, 0.15) is 39.5 Å². The Labute approximate surface area is 85.8 Å². The molecular formula is C11H20N2O. The van der Waals surface area contributed by atoms with Gasteiger partial charge in [0.2, 0.25) is 5.91 Å². The van der Waals surface area contributed by atoms with Gasteiger partial charge in [-0.3, -0.25) is 10.1 Å². The maximum absolute atomic E-state index is 11.8. The molecule has 0 spiro atoms. The first-order valence-corrected chi connectivity index (χ1v) is 5.75. The van der Waals surface area contributed by atoms with Gasteiger partial charge in [0.25, 0.3) is 0 Å². The third kappa shape index (κ3) is 1.78. The zero-order valence-electron chi connectivity index (χ0n) is 9.12. The summed E-state index contributed by atoms with van der Waals surface area (Å²) >= 11 is 0. The van der Waals surface area contributed by atoms with Crippen LogP contribution in [-0.2, 0) is 4.79 Å². The van der Waals surface area contributed by atoms with Crippen molar-refractivity contribution in [1.29, 1.82) is 0 Å². The zero-order valence-corrected chi connectivity index (χ0v) is 9.12. The second kappa shape index (κ2) is 3.89. The lowest BCUT2D eigenvalue weighted by atomic mass is 10.1. The molecule has 2 aliphatic rings. The van der Waals surface area contributed by atoms with Gasteiger partial charge in [-0.05, 0) is 32.6 Å². The maximum Gasteiger partial charge on any atom is 0.240 e. The van der Waals surface area contributed by atoms with Crippen molar-refractivity contribution in [2.45, 2.75) is 51.7 Å².